The number of hydrogen-bond donors (Lipinski definition) is 0. The van der Waals surface area contributed by atoms with E-state index in [-0.39, 0.29) is 5.69 Å². The lowest BCUT2D eigenvalue weighted by Crippen LogP contribution is -2.15. The number of nitrogens with zero attached hydrogens (tertiary/aromatic N) is 5. The average Bonchev–Trinajstić information content (AvgIpc) is 3.11. The third-order valence-electron chi connectivity index (χ3n) is 3.19. The fourth-order valence-corrected chi connectivity index (χ4v) is 2.07. The number of ether oxygens (including phenoxy) is 2. The van der Waals surface area contributed by atoms with E-state index in [1.165, 1.54) is 7.11 Å². The molecule has 2 aromatic heterocycles. The minimum absolute atomic E-state index is 0.226. The van der Waals surface area contributed by atoms with Gasteiger partial charge in [-0.2, -0.15) is 0 Å². The molecule has 0 aliphatic rings. The zero-order chi connectivity index (χ0) is 15.2. The molecule has 0 aromatic carbocycles. The number of carbonyl (C=O) groups is 1. The maximum Gasteiger partial charge on any atom is 0.360 e. The number of aromatic nitrogens is 5. The molecule has 0 N–H and O–H groups in total. The van der Waals surface area contributed by atoms with Crippen molar-refractivity contribution in [2.75, 3.05) is 20.8 Å². The first-order valence-corrected chi connectivity index (χ1v) is 6.70. The highest BCUT2D eigenvalue weighted by Crippen LogP contribution is 2.11. The number of methoxy groups -OCH3 is 2. The largest absolute Gasteiger partial charge is 0.464 e. The standard InChI is InChI=1S/C13H19N5O3/c1-4-17-7-6-14-11(17)9-18-10(5-8-20-2)12(15-16-18)13(19)21-3/h6-7H,4-5,8-9H2,1-3H3. The summed E-state index contributed by atoms with van der Waals surface area (Å²) < 4.78 is 13.5. The summed E-state index contributed by atoms with van der Waals surface area (Å²) in [4.78, 5) is 16.0. The molecule has 0 spiro atoms. The molecule has 2 aromatic rings. The van der Waals surface area contributed by atoms with Gasteiger partial charge in [0.1, 0.15) is 12.4 Å². The van der Waals surface area contributed by atoms with Crippen molar-refractivity contribution in [2.45, 2.75) is 26.4 Å². The Hall–Kier alpha value is -2.22. The third kappa shape index (κ3) is 3.27. The number of aryl methyl sites for hydroxylation is 1. The summed E-state index contributed by atoms with van der Waals surface area (Å²) >= 11 is 0. The normalized spacial score (nSPS) is 10.8. The number of imidazole rings is 1. The summed E-state index contributed by atoms with van der Waals surface area (Å²) in [5.74, 6) is 0.365. The summed E-state index contributed by atoms with van der Waals surface area (Å²) in [6.07, 6.45) is 4.18. The number of hydrogen-bond acceptors (Lipinski definition) is 6. The van der Waals surface area contributed by atoms with Crippen LogP contribution in [0, 0.1) is 0 Å². The Morgan fingerprint density at radius 2 is 2.19 bits per heavy atom. The summed E-state index contributed by atoms with van der Waals surface area (Å²) in [7, 11) is 2.93. The average molecular weight is 293 g/mol. The quantitative estimate of drug-likeness (QED) is 0.692. The molecule has 0 radical (unpaired) electrons. The maximum absolute atomic E-state index is 11.7. The molecule has 2 rings (SSSR count). The first-order valence-electron chi connectivity index (χ1n) is 6.70. The van der Waals surface area contributed by atoms with Crippen molar-refractivity contribution >= 4 is 5.97 Å². The Balaban J connectivity index is 2.30. The van der Waals surface area contributed by atoms with Crippen LogP contribution in [0.25, 0.3) is 0 Å². The molecule has 114 valence electrons. The van der Waals surface area contributed by atoms with E-state index in [1.807, 2.05) is 17.7 Å². The van der Waals surface area contributed by atoms with Crippen molar-refractivity contribution < 1.29 is 14.3 Å². The number of carbonyl (C=O) groups excluding carboxylic acids is 1. The van der Waals surface area contributed by atoms with Gasteiger partial charge in [0.15, 0.2) is 5.69 Å². The van der Waals surface area contributed by atoms with Gasteiger partial charge in [0.05, 0.1) is 19.4 Å². The molecular formula is C13H19N5O3. The molecular weight excluding hydrogens is 274 g/mol. The Bertz CT molecular complexity index is 605. The van der Waals surface area contributed by atoms with E-state index < -0.39 is 5.97 Å². The topological polar surface area (TPSA) is 84.1 Å². The van der Waals surface area contributed by atoms with Crippen LogP contribution in [0.1, 0.15) is 28.9 Å². The van der Waals surface area contributed by atoms with Crippen molar-refractivity contribution in [1.29, 1.82) is 0 Å². The van der Waals surface area contributed by atoms with Crippen LogP contribution in [0.2, 0.25) is 0 Å². The molecule has 8 heteroatoms. The van der Waals surface area contributed by atoms with E-state index in [1.54, 1.807) is 18.0 Å². The van der Waals surface area contributed by atoms with Crippen molar-refractivity contribution in [3.8, 4) is 0 Å². The highest BCUT2D eigenvalue weighted by atomic mass is 16.5. The van der Waals surface area contributed by atoms with E-state index in [4.69, 9.17) is 9.47 Å². The van der Waals surface area contributed by atoms with Crippen molar-refractivity contribution in [3.63, 3.8) is 0 Å². The summed E-state index contributed by atoms with van der Waals surface area (Å²) in [5.41, 5.74) is 0.915. The van der Waals surface area contributed by atoms with Gasteiger partial charge in [-0.1, -0.05) is 5.21 Å². The molecule has 0 bridgehead atoms. The molecule has 2 heterocycles. The van der Waals surface area contributed by atoms with Gasteiger partial charge in [0.25, 0.3) is 0 Å². The van der Waals surface area contributed by atoms with Crippen LogP contribution in [-0.2, 0) is 29.0 Å². The Morgan fingerprint density at radius 3 is 2.86 bits per heavy atom. The van der Waals surface area contributed by atoms with Gasteiger partial charge in [-0.15, -0.1) is 5.10 Å². The van der Waals surface area contributed by atoms with E-state index in [0.29, 0.717) is 25.3 Å². The van der Waals surface area contributed by atoms with Crippen LogP contribution in [0.4, 0.5) is 0 Å². The summed E-state index contributed by atoms with van der Waals surface area (Å²) in [6, 6.07) is 0. The lowest BCUT2D eigenvalue weighted by molar-refractivity contribution is 0.0592. The molecule has 0 unspecified atom stereocenters. The fraction of sp³-hybridized carbons (Fsp3) is 0.538. The highest BCUT2D eigenvalue weighted by molar-refractivity contribution is 5.88. The second-order valence-electron chi connectivity index (χ2n) is 4.41. The Morgan fingerprint density at radius 1 is 1.38 bits per heavy atom. The van der Waals surface area contributed by atoms with Gasteiger partial charge in [0.2, 0.25) is 0 Å². The van der Waals surface area contributed by atoms with E-state index in [2.05, 4.69) is 15.3 Å². The number of esters is 1. The zero-order valence-corrected chi connectivity index (χ0v) is 12.4. The molecule has 8 nitrogen and oxygen atoms in total. The summed E-state index contributed by atoms with van der Waals surface area (Å²) in [5, 5.41) is 7.97. The van der Waals surface area contributed by atoms with Crippen LogP contribution in [-0.4, -0.2) is 51.3 Å². The molecule has 0 atom stereocenters. The molecule has 0 saturated heterocycles. The predicted molar refractivity (Wildman–Crippen MR) is 73.9 cm³/mol. The first-order chi connectivity index (χ1) is 10.2. The highest BCUT2D eigenvalue weighted by Gasteiger charge is 2.20. The Kier molecular flexibility index (Phi) is 5.04. The van der Waals surface area contributed by atoms with Gasteiger partial charge < -0.3 is 14.0 Å². The molecule has 0 aliphatic heterocycles. The SMILES string of the molecule is CCn1ccnc1Cn1nnc(C(=O)OC)c1CCOC. The summed E-state index contributed by atoms with van der Waals surface area (Å²) in [6.45, 7) is 3.78. The van der Waals surface area contributed by atoms with Gasteiger partial charge in [-0.25, -0.2) is 14.5 Å². The van der Waals surface area contributed by atoms with Gasteiger partial charge in [-0.05, 0) is 6.92 Å². The van der Waals surface area contributed by atoms with Crippen molar-refractivity contribution in [3.05, 3.63) is 29.6 Å². The smallest absolute Gasteiger partial charge is 0.360 e. The second-order valence-corrected chi connectivity index (χ2v) is 4.41. The van der Waals surface area contributed by atoms with E-state index in [9.17, 15) is 4.79 Å². The second kappa shape index (κ2) is 6.98. The van der Waals surface area contributed by atoms with E-state index in [0.717, 1.165) is 12.4 Å². The van der Waals surface area contributed by atoms with Crippen LogP contribution in [0.3, 0.4) is 0 Å². The van der Waals surface area contributed by atoms with Gasteiger partial charge in [-0.3, -0.25) is 0 Å². The van der Waals surface area contributed by atoms with Gasteiger partial charge in [0, 0.05) is 32.5 Å². The first kappa shape index (κ1) is 15.2. The molecule has 0 fully saturated rings. The minimum atomic E-state index is -0.494. The third-order valence-corrected chi connectivity index (χ3v) is 3.19. The lowest BCUT2D eigenvalue weighted by Gasteiger charge is -2.08. The maximum atomic E-state index is 11.7. The molecule has 21 heavy (non-hydrogen) atoms. The van der Waals surface area contributed by atoms with Crippen molar-refractivity contribution in [2.24, 2.45) is 0 Å². The van der Waals surface area contributed by atoms with E-state index >= 15 is 0 Å². The minimum Gasteiger partial charge on any atom is -0.464 e. The van der Waals surface area contributed by atoms with Crippen LogP contribution in [0.5, 0.6) is 0 Å². The predicted octanol–water partition coefficient (Wildman–Crippen LogP) is 0.518. The lowest BCUT2D eigenvalue weighted by atomic mass is 10.2. The van der Waals surface area contributed by atoms with Crippen molar-refractivity contribution in [1.82, 2.24) is 24.5 Å². The van der Waals surface area contributed by atoms with Crippen LogP contribution >= 0.6 is 0 Å². The Labute approximate surface area is 122 Å². The fourth-order valence-electron chi connectivity index (χ4n) is 2.07. The molecule has 0 aliphatic carbocycles. The molecule has 0 saturated carbocycles. The van der Waals surface area contributed by atoms with Gasteiger partial charge >= 0.3 is 5.97 Å². The van der Waals surface area contributed by atoms with Crippen LogP contribution < -0.4 is 0 Å². The van der Waals surface area contributed by atoms with Crippen LogP contribution in [0.15, 0.2) is 12.4 Å². The number of rotatable bonds is 7. The molecule has 0 amide bonds. The monoisotopic (exact) mass is 293 g/mol. The zero-order valence-electron chi connectivity index (χ0n) is 12.4.